The van der Waals surface area contributed by atoms with Gasteiger partial charge < -0.3 is 5.11 Å². The van der Waals surface area contributed by atoms with Crippen LogP contribution in [0.5, 0.6) is 0 Å². The monoisotopic (exact) mass is 404 g/mol. The zero-order valence-corrected chi connectivity index (χ0v) is 15.9. The highest BCUT2D eigenvalue weighted by atomic mass is 35.5. The molecule has 2 unspecified atom stereocenters. The van der Waals surface area contributed by atoms with Gasteiger partial charge in [0.2, 0.25) is 0 Å². The van der Waals surface area contributed by atoms with E-state index in [9.17, 15) is 4.79 Å². The molecule has 0 aliphatic carbocycles. The fraction of sp³-hybridized carbons (Fsp3) is 0.533. The van der Waals surface area contributed by atoms with E-state index in [1.807, 2.05) is 13.8 Å². The van der Waals surface area contributed by atoms with Crippen molar-refractivity contribution in [2.75, 3.05) is 0 Å². The van der Waals surface area contributed by atoms with E-state index in [2.05, 4.69) is 0 Å². The molecule has 0 aromatic heterocycles. The van der Waals surface area contributed by atoms with E-state index < -0.39 is 26.5 Å². The van der Waals surface area contributed by atoms with Crippen molar-refractivity contribution < 1.29 is 9.90 Å². The van der Waals surface area contributed by atoms with E-state index >= 15 is 0 Å². The minimum atomic E-state index is -1.20. The Morgan fingerprint density at radius 1 is 1.14 bits per heavy atom. The van der Waals surface area contributed by atoms with Gasteiger partial charge in [-0.15, -0.1) is 23.2 Å². The van der Waals surface area contributed by atoms with Crippen LogP contribution in [0.2, 0.25) is 5.02 Å². The largest absolute Gasteiger partial charge is 0.480 e. The summed E-state index contributed by atoms with van der Waals surface area (Å²) < 4.78 is -1.20. The summed E-state index contributed by atoms with van der Waals surface area (Å²) in [5.41, 5.74) is 0.135. The molecule has 0 fully saturated rings. The van der Waals surface area contributed by atoms with Crippen LogP contribution in [0.25, 0.3) is 0 Å². The van der Waals surface area contributed by atoms with Gasteiger partial charge in [-0.3, -0.25) is 4.79 Å². The van der Waals surface area contributed by atoms with Gasteiger partial charge in [-0.05, 0) is 29.5 Å². The Labute approximate surface area is 155 Å². The number of aliphatic carboxylic acids is 1. The molecule has 0 spiro atoms. The molecule has 1 aromatic rings. The number of carboxylic acid groups (broad SMARTS) is 1. The van der Waals surface area contributed by atoms with Crippen LogP contribution in [0.3, 0.4) is 0 Å². The van der Waals surface area contributed by atoms with Gasteiger partial charge in [0.15, 0.2) is 0 Å². The van der Waals surface area contributed by atoms with E-state index in [4.69, 9.17) is 63.1 Å². The van der Waals surface area contributed by atoms with Crippen LogP contribution in [0.15, 0.2) is 24.3 Å². The fourth-order valence-corrected chi connectivity index (χ4v) is 3.55. The fourth-order valence-electron chi connectivity index (χ4n) is 1.99. The van der Waals surface area contributed by atoms with Crippen LogP contribution in [-0.2, 0) is 9.13 Å². The lowest BCUT2D eigenvalue weighted by atomic mass is 9.81. The summed E-state index contributed by atoms with van der Waals surface area (Å²) in [5.74, 6) is -1.07. The topological polar surface area (TPSA) is 37.3 Å². The summed E-state index contributed by atoms with van der Waals surface area (Å²) in [6.07, 6.45) is 0.456. The second kappa shape index (κ2) is 7.81. The van der Waals surface area contributed by atoms with Crippen molar-refractivity contribution in [1.82, 2.24) is 0 Å². The van der Waals surface area contributed by atoms with Crippen molar-refractivity contribution >= 4 is 64.0 Å². The number of benzene rings is 1. The second-order valence-electron chi connectivity index (χ2n) is 5.88. The Balaban J connectivity index is 2.82. The van der Waals surface area contributed by atoms with Crippen LogP contribution >= 0.6 is 58.0 Å². The van der Waals surface area contributed by atoms with Gasteiger partial charge in [0, 0.05) is 16.8 Å². The molecule has 1 aromatic carbocycles. The Kier molecular flexibility index (Phi) is 7.16. The molecular formula is C15H17Cl5O2. The smallest absolute Gasteiger partial charge is 0.321 e. The summed E-state index contributed by atoms with van der Waals surface area (Å²) in [6.45, 7) is 3.68. The van der Waals surface area contributed by atoms with Crippen molar-refractivity contribution in [3.8, 4) is 0 Å². The molecule has 0 aliphatic heterocycles. The molecule has 1 N–H and O–H groups in total. The summed E-state index contributed by atoms with van der Waals surface area (Å²) in [4.78, 5) is 10.9. The number of alkyl halides is 4. The van der Waals surface area contributed by atoms with E-state index in [-0.39, 0.29) is 12.8 Å². The van der Waals surface area contributed by atoms with Crippen molar-refractivity contribution in [3.05, 3.63) is 34.9 Å². The van der Waals surface area contributed by atoms with Crippen LogP contribution in [0.1, 0.15) is 32.3 Å². The van der Waals surface area contributed by atoms with Gasteiger partial charge in [-0.25, -0.2) is 0 Å². The lowest BCUT2D eigenvalue weighted by Gasteiger charge is -2.34. The lowest BCUT2D eigenvalue weighted by Crippen LogP contribution is -2.33. The van der Waals surface area contributed by atoms with Gasteiger partial charge >= 0.3 is 5.97 Å². The molecule has 0 bridgehead atoms. The molecule has 7 heteroatoms. The first-order valence-electron chi connectivity index (χ1n) is 6.60. The lowest BCUT2D eigenvalue weighted by molar-refractivity contribution is -0.137. The maximum Gasteiger partial charge on any atom is 0.321 e. The van der Waals surface area contributed by atoms with Crippen LogP contribution in [0, 0.1) is 5.41 Å². The first kappa shape index (κ1) is 20.2. The van der Waals surface area contributed by atoms with Crippen LogP contribution in [-0.4, -0.2) is 21.8 Å². The van der Waals surface area contributed by atoms with E-state index in [1.54, 1.807) is 24.3 Å². The maximum absolute atomic E-state index is 10.9. The molecule has 0 amide bonds. The zero-order valence-electron chi connectivity index (χ0n) is 12.1. The predicted molar refractivity (Wildman–Crippen MR) is 94.8 cm³/mol. The van der Waals surface area contributed by atoms with Crippen LogP contribution < -0.4 is 0 Å². The van der Waals surface area contributed by atoms with Gasteiger partial charge in [-0.2, -0.15) is 0 Å². The van der Waals surface area contributed by atoms with E-state index in [0.29, 0.717) is 10.6 Å². The number of rotatable bonds is 7. The average molecular weight is 407 g/mol. The Morgan fingerprint density at radius 3 is 2.09 bits per heavy atom. The molecule has 2 atom stereocenters. The third-order valence-electron chi connectivity index (χ3n) is 3.52. The Hall–Kier alpha value is 0.140. The molecular weight excluding hydrogens is 389 g/mol. The van der Waals surface area contributed by atoms with E-state index in [1.165, 1.54) is 0 Å². The average Bonchev–Trinajstić information content (AvgIpc) is 2.37. The molecule has 0 heterocycles. The first-order valence-corrected chi connectivity index (χ1v) is 8.61. The number of carboxylic acids is 1. The summed E-state index contributed by atoms with van der Waals surface area (Å²) >= 11 is 30.9. The van der Waals surface area contributed by atoms with Gasteiger partial charge in [0.05, 0.1) is 0 Å². The maximum atomic E-state index is 10.9. The van der Waals surface area contributed by atoms with Gasteiger partial charge in [-0.1, -0.05) is 60.8 Å². The normalized spacial score (nSPS) is 15.4. The zero-order chi connectivity index (χ0) is 17.1. The van der Waals surface area contributed by atoms with Crippen LogP contribution in [0.4, 0.5) is 0 Å². The molecule has 0 saturated heterocycles. The minimum Gasteiger partial charge on any atom is -0.480 e. The Morgan fingerprint density at radius 2 is 1.64 bits per heavy atom. The highest BCUT2D eigenvalue weighted by Gasteiger charge is 2.38. The number of hydrogen-bond donors (Lipinski definition) is 1. The molecule has 0 radical (unpaired) electrons. The molecule has 22 heavy (non-hydrogen) atoms. The molecule has 0 saturated carbocycles. The molecule has 124 valence electrons. The standard InChI is InChI=1S/C15H17Cl5O2/c1-14(2,7-11(17)13(21)22)12(18)8-15(19,20)9-3-5-10(16)6-4-9/h3-6,11-12H,7-8H2,1-2H3,(H,21,22). The highest BCUT2D eigenvalue weighted by Crippen LogP contribution is 2.45. The molecule has 1 rings (SSSR count). The van der Waals surface area contributed by atoms with Crippen molar-refractivity contribution in [2.24, 2.45) is 5.41 Å². The summed E-state index contributed by atoms with van der Waals surface area (Å²) in [7, 11) is 0. The number of hydrogen-bond acceptors (Lipinski definition) is 1. The third kappa shape index (κ3) is 5.65. The first-order chi connectivity index (χ1) is 9.95. The van der Waals surface area contributed by atoms with Gasteiger partial charge in [0.1, 0.15) is 9.71 Å². The number of carbonyl (C=O) groups is 1. The third-order valence-corrected chi connectivity index (χ3v) is 5.61. The van der Waals surface area contributed by atoms with Crippen molar-refractivity contribution in [2.45, 2.75) is 41.8 Å². The molecule has 2 nitrogen and oxygen atoms in total. The quantitative estimate of drug-likeness (QED) is 0.558. The summed E-state index contributed by atoms with van der Waals surface area (Å²) in [5, 5.41) is 8.04. The minimum absolute atomic E-state index is 0.211. The van der Waals surface area contributed by atoms with Gasteiger partial charge in [0.25, 0.3) is 0 Å². The second-order valence-corrected chi connectivity index (χ2v) is 8.86. The predicted octanol–water partition coefficient (Wildman–Crippen LogP) is 6.08. The van der Waals surface area contributed by atoms with Crippen molar-refractivity contribution in [1.29, 1.82) is 0 Å². The number of halogens is 5. The highest BCUT2D eigenvalue weighted by molar-refractivity contribution is 6.48. The Bertz CT molecular complexity index is 513. The summed E-state index contributed by atoms with van der Waals surface area (Å²) in [6, 6.07) is 6.87. The van der Waals surface area contributed by atoms with Crippen molar-refractivity contribution in [3.63, 3.8) is 0 Å². The molecule has 0 aliphatic rings. The van der Waals surface area contributed by atoms with E-state index in [0.717, 1.165) is 0 Å². The SMILES string of the molecule is CC(C)(CC(Cl)C(=O)O)C(Cl)CC(Cl)(Cl)c1ccc(Cl)cc1.